The molecule has 1 aromatic heterocycles. The van der Waals surface area contributed by atoms with Crippen LogP contribution in [0.4, 0.5) is 5.69 Å². The van der Waals surface area contributed by atoms with Gasteiger partial charge in [0, 0.05) is 43.5 Å². The number of imidazole rings is 1. The number of amides is 2. The first kappa shape index (κ1) is 19.0. The molecule has 1 saturated heterocycles. The van der Waals surface area contributed by atoms with Gasteiger partial charge in [0.2, 0.25) is 12.7 Å². The molecule has 0 radical (unpaired) electrons. The molecule has 152 valence electrons. The number of nitrogens with one attached hydrogen (secondary N) is 2. The third-order valence-electron chi connectivity index (χ3n) is 5.15. The summed E-state index contributed by atoms with van der Waals surface area (Å²) in [6, 6.07) is 3.20. The number of ketones is 1. The van der Waals surface area contributed by atoms with Crippen LogP contribution in [0.25, 0.3) is 0 Å². The molecule has 1 fully saturated rings. The lowest BCUT2D eigenvalue weighted by molar-refractivity contribution is -0.117. The van der Waals surface area contributed by atoms with Gasteiger partial charge in [-0.2, -0.15) is 0 Å². The summed E-state index contributed by atoms with van der Waals surface area (Å²) in [5.74, 6) is 0.801. The number of benzene rings is 1. The SMILES string of the molecule is CC(=O)c1cc2c(cc1NC(=O)CC1CCCN(C(=O)c3ncc[nH]3)C1)OCO2. The molecule has 2 aliphatic heterocycles. The van der Waals surface area contributed by atoms with Crippen LogP contribution in [0.15, 0.2) is 24.5 Å². The molecule has 1 atom stereocenters. The maximum absolute atomic E-state index is 12.6. The minimum atomic E-state index is -0.205. The second kappa shape index (κ2) is 7.94. The summed E-state index contributed by atoms with van der Waals surface area (Å²) >= 11 is 0. The van der Waals surface area contributed by atoms with Gasteiger partial charge in [0.1, 0.15) is 0 Å². The Bertz CT molecular complexity index is 941. The Morgan fingerprint density at radius 1 is 1.28 bits per heavy atom. The van der Waals surface area contributed by atoms with E-state index in [9.17, 15) is 14.4 Å². The number of likely N-dealkylation sites (tertiary alicyclic amines) is 1. The van der Waals surface area contributed by atoms with Crippen LogP contribution in [-0.2, 0) is 4.79 Å². The van der Waals surface area contributed by atoms with E-state index in [1.165, 1.54) is 6.92 Å². The number of ether oxygens (including phenoxy) is 2. The Kier molecular flexibility index (Phi) is 5.20. The zero-order chi connectivity index (χ0) is 20.4. The summed E-state index contributed by atoms with van der Waals surface area (Å²) in [6.45, 7) is 2.67. The molecule has 2 N–H and O–H groups in total. The fraction of sp³-hybridized carbons (Fsp3) is 0.400. The Hall–Kier alpha value is -3.36. The molecular formula is C20H22N4O5. The van der Waals surface area contributed by atoms with Crippen LogP contribution >= 0.6 is 0 Å². The lowest BCUT2D eigenvalue weighted by Gasteiger charge is -2.32. The van der Waals surface area contributed by atoms with E-state index >= 15 is 0 Å². The first-order valence-corrected chi connectivity index (χ1v) is 9.54. The van der Waals surface area contributed by atoms with Gasteiger partial charge in [0.05, 0.1) is 5.69 Å². The average Bonchev–Trinajstić information content (AvgIpc) is 3.38. The van der Waals surface area contributed by atoms with E-state index in [4.69, 9.17) is 9.47 Å². The molecule has 29 heavy (non-hydrogen) atoms. The van der Waals surface area contributed by atoms with Crippen molar-refractivity contribution in [1.29, 1.82) is 0 Å². The monoisotopic (exact) mass is 398 g/mol. The quantitative estimate of drug-likeness (QED) is 0.747. The number of rotatable bonds is 5. The largest absolute Gasteiger partial charge is 0.454 e. The first-order valence-electron chi connectivity index (χ1n) is 9.54. The zero-order valence-electron chi connectivity index (χ0n) is 16.1. The van der Waals surface area contributed by atoms with Crippen molar-refractivity contribution in [3.05, 3.63) is 35.9 Å². The highest BCUT2D eigenvalue weighted by molar-refractivity contribution is 6.04. The van der Waals surface area contributed by atoms with Gasteiger partial charge in [-0.15, -0.1) is 0 Å². The van der Waals surface area contributed by atoms with Gasteiger partial charge >= 0.3 is 0 Å². The van der Waals surface area contributed by atoms with Gasteiger partial charge < -0.3 is 24.7 Å². The molecule has 3 heterocycles. The first-order chi connectivity index (χ1) is 14.0. The van der Waals surface area contributed by atoms with Crippen LogP contribution in [-0.4, -0.2) is 52.3 Å². The zero-order valence-corrected chi connectivity index (χ0v) is 16.1. The van der Waals surface area contributed by atoms with Crippen molar-refractivity contribution in [1.82, 2.24) is 14.9 Å². The molecule has 1 unspecified atom stereocenters. The van der Waals surface area contributed by atoms with Crippen molar-refractivity contribution in [2.45, 2.75) is 26.2 Å². The van der Waals surface area contributed by atoms with E-state index in [0.29, 0.717) is 41.7 Å². The molecular weight excluding hydrogens is 376 g/mol. The van der Waals surface area contributed by atoms with Gasteiger partial charge in [-0.05, 0) is 31.7 Å². The molecule has 4 rings (SSSR count). The molecule has 0 spiro atoms. The maximum atomic E-state index is 12.6. The number of aromatic amines is 1. The number of H-pyrrole nitrogens is 1. The van der Waals surface area contributed by atoms with Crippen molar-refractivity contribution < 1.29 is 23.9 Å². The van der Waals surface area contributed by atoms with Crippen molar-refractivity contribution in [3.8, 4) is 11.5 Å². The molecule has 0 bridgehead atoms. The Balaban J connectivity index is 1.41. The second-order valence-electron chi connectivity index (χ2n) is 7.26. The number of carbonyl (C=O) groups excluding carboxylic acids is 3. The minimum Gasteiger partial charge on any atom is -0.454 e. The molecule has 1 aromatic carbocycles. The molecule has 9 heteroatoms. The van der Waals surface area contributed by atoms with Crippen molar-refractivity contribution in [2.24, 2.45) is 5.92 Å². The number of aromatic nitrogens is 2. The number of nitrogens with zero attached hydrogens (tertiary/aromatic N) is 2. The second-order valence-corrected chi connectivity index (χ2v) is 7.26. The fourth-order valence-corrected chi connectivity index (χ4v) is 3.75. The highest BCUT2D eigenvalue weighted by Gasteiger charge is 2.28. The highest BCUT2D eigenvalue weighted by atomic mass is 16.7. The Morgan fingerprint density at radius 2 is 2.07 bits per heavy atom. The third kappa shape index (κ3) is 4.08. The van der Waals surface area contributed by atoms with E-state index in [0.717, 1.165) is 12.8 Å². The Morgan fingerprint density at radius 3 is 2.79 bits per heavy atom. The van der Waals surface area contributed by atoms with Crippen molar-refractivity contribution >= 4 is 23.3 Å². The summed E-state index contributed by atoms with van der Waals surface area (Å²) in [5.41, 5.74) is 0.784. The molecule has 2 aromatic rings. The van der Waals surface area contributed by atoms with Gasteiger partial charge in [-0.1, -0.05) is 0 Å². The third-order valence-corrected chi connectivity index (χ3v) is 5.15. The molecule has 0 saturated carbocycles. The molecule has 2 amide bonds. The summed E-state index contributed by atoms with van der Waals surface area (Å²) < 4.78 is 10.6. The highest BCUT2D eigenvalue weighted by Crippen LogP contribution is 2.37. The summed E-state index contributed by atoms with van der Waals surface area (Å²) in [7, 11) is 0. The van der Waals surface area contributed by atoms with E-state index in [2.05, 4.69) is 15.3 Å². The number of hydrogen-bond acceptors (Lipinski definition) is 6. The van der Waals surface area contributed by atoms with Gasteiger partial charge in [-0.3, -0.25) is 14.4 Å². The van der Waals surface area contributed by atoms with E-state index < -0.39 is 0 Å². The Labute approximate surface area is 167 Å². The van der Waals surface area contributed by atoms with E-state index in [1.807, 2.05) is 0 Å². The minimum absolute atomic E-state index is 0.0393. The number of fused-ring (bicyclic) bond motifs is 1. The van der Waals surface area contributed by atoms with E-state index in [1.54, 1.807) is 29.4 Å². The number of carbonyl (C=O) groups is 3. The van der Waals surface area contributed by atoms with Gasteiger partial charge in [0.25, 0.3) is 5.91 Å². The van der Waals surface area contributed by atoms with Crippen molar-refractivity contribution in [2.75, 3.05) is 25.2 Å². The van der Waals surface area contributed by atoms with Crippen LogP contribution in [0, 0.1) is 5.92 Å². The summed E-state index contributed by atoms with van der Waals surface area (Å²) in [5, 5.41) is 2.82. The predicted octanol–water partition coefficient (Wildman–Crippen LogP) is 2.22. The smallest absolute Gasteiger partial charge is 0.289 e. The van der Waals surface area contributed by atoms with E-state index in [-0.39, 0.29) is 36.7 Å². The van der Waals surface area contributed by atoms with Gasteiger partial charge in [-0.25, -0.2) is 4.98 Å². The number of Topliss-reactive ketones (excluding diaryl/α,β-unsaturated/α-hetero) is 1. The standard InChI is InChI=1S/C20H22N4O5/c1-12(25)14-8-16-17(29-11-28-16)9-15(14)23-18(26)7-13-3-2-6-24(10-13)20(27)19-21-4-5-22-19/h4-5,8-9,13H,2-3,6-7,10-11H2,1H3,(H,21,22)(H,23,26). The normalized spacial score (nSPS) is 17.8. The number of anilines is 1. The average molecular weight is 398 g/mol. The molecule has 2 aliphatic rings. The summed E-state index contributed by atoms with van der Waals surface area (Å²) in [4.78, 5) is 45.6. The topological polar surface area (TPSA) is 114 Å². The predicted molar refractivity (Wildman–Crippen MR) is 103 cm³/mol. The number of hydrogen-bond donors (Lipinski definition) is 2. The lowest BCUT2D eigenvalue weighted by Crippen LogP contribution is -2.41. The van der Waals surface area contributed by atoms with Crippen molar-refractivity contribution in [3.63, 3.8) is 0 Å². The van der Waals surface area contributed by atoms with Crippen LogP contribution in [0.3, 0.4) is 0 Å². The van der Waals surface area contributed by atoms with Crippen LogP contribution in [0.2, 0.25) is 0 Å². The maximum Gasteiger partial charge on any atom is 0.289 e. The molecule has 9 nitrogen and oxygen atoms in total. The van der Waals surface area contributed by atoms with Crippen LogP contribution in [0.1, 0.15) is 47.2 Å². The number of piperidine rings is 1. The van der Waals surface area contributed by atoms with Crippen LogP contribution < -0.4 is 14.8 Å². The van der Waals surface area contributed by atoms with Crippen LogP contribution in [0.5, 0.6) is 11.5 Å². The summed E-state index contributed by atoms with van der Waals surface area (Å²) in [6.07, 6.45) is 5.09. The molecule has 0 aliphatic carbocycles. The lowest BCUT2D eigenvalue weighted by atomic mass is 9.94. The fourth-order valence-electron chi connectivity index (χ4n) is 3.75. The van der Waals surface area contributed by atoms with Gasteiger partial charge in [0.15, 0.2) is 23.1 Å².